The molecule has 7 nitrogen and oxygen atoms in total. The van der Waals surface area contributed by atoms with Crippen molar-refractivity contribution in [2.75, 3.05) is 21.3 Å². The summed E-state index contributed by atoms with van der Waals surface area (Å²) >= 11 is 0. The Kier molecular flexibility index (Phi) is 4.53. The van der Waals surface area contributed by atoms with Crippen LogP contribution in [0.15, 0.2) is 47.4 Å². The van der Waals surface area contributed by atoms with Gasteiger partial charge in [0.25, 0.3) is 5.56 Å². The Labute approximate surface area is 149 Å². The normalized spacial score (nSPS) is 10.6. The van der Waals surface area contributed by atoms with Crippen molar-refractivity contribution in [2.45, 2.75) is 0 Å². The molecule has 0 saturated carbocycles. The average molecular weight is 355 g/mol. The van der Waals surface area contributed by atoms with Gasteiger partial charge in [-0.3, -0.25) is 9.36 Å². The van der Waals surface area contributed by atoms with Crippen LogP contribution in [0.4, 0.5) is 0 Å². The molecule has 1 aromatic heterocycles. The van der Waals surface area contributed by atoms with Crippen LogP contribution in [-0.4, -0.2) is 37.0 Å². The van der Waals surface area contributed by atoms with Crippen molar-refractivity contribution in [3.05, 3.63) is 58.5 Å². The summed E-state index contributed by atoms with van der Waals surface area (Å²) in [5.74, 6) is -0.0222. The molecule has 0 amide bonds. The molecule has 0 aliphatic carbocycles. The molecule has 3 aromatic rings. The zero-order valence-corrected chi connectivity index (χ0v) is 14.5. The van der Waals surface area contributed by atoms with Crippen molar-refractivity contribution < 1.29 is 24.1 Å². The molecule has 1 heterocycles. The van der Waals surface area contributed by atoms with Crippen molar-refractivity contribution in [3.63, 3.8) is 0 Å². The van der Waals surface area contributed by atoms with Gasteiger partial charge in [0.2, 0.25) is 5.75 Å². The Hall–Kier alpha value is -3.48. The van der Waals surface area contributed by atoms with Gasteiger partial charge in [0.15, 0.2) is 11.5 Å². The summed E-state index contributed by atoms with van der Waals surface area (Å²) in [6.07, 6.45) is 1.30. The van der Waals surface area contributed by atoms with E-state index >= 15 is 0 Å². The average Bonchev–Trinajstić information content (AvgIpc) is 2.67. The number of aromatic nitrogens is 1. The number of ether oxygens (including phenoxy) is 3. The van der Waals surface area contributed by atoms with Gasteiger partial charge in [-0.25, -0.2) is 4.79 Å². The number of fused-ring (bicyclic) bond motifs is 1. The lowest BCUT2D eigenvalue weighted by Gasteiger charge is -2.16. The third-order valence-electron chi connectivity index (χ3n) is 4.08. The van der Waals surface area contributed by atoms with Crippen LogP contribution in [0, 0.1) is 0 Å². The van der Waals surface area contributed by atoms with E-state index in [9.17, 15) is 14.7 Å². The van der Waals surface area contributed by atoms with E-state index in [4.69, 9.17) is 14.2 Å². The van der Waals surface area contributed by atoms with Gasteiger partial charge in [0.05, 0.1) is 32.6 Å². The molecule has 7 heteroatoms. The maximum Gasteiger partial charge on any atom is 0.337 e. The van der Waals surface area contributed by atoms with Crippen molar-refractivity contribution >= 4 is 16.7 Å². The third kappa shape index (κ3) is 2.73. The van der Waals surface area contributed by atoms with Gasteiger partial charge in [-0.1, -0.05) is 18.2 Å². The number of rotatable bonds is 5. The Balaban J connectivity index is 2.38. The molecule has 0 atom stereocenters. The number of carboxylic acids is 1. The molecule has 0 fully saturated rings. The topological polar surface area (TPSA) is 87.0 Å². The second kappa shape index (κ2) is 6.79. The van der Waals surface area contributed by atoms with E-state index in [1.165, 1.54) is 32.1 Å². The van der Waals surface area contributed by atoms with Gasteiger partial charge in [0.1, 0.15) is 0 Å². The van der Waals surface area contributed by atoms with Gasteiger partial charge < -0.3 is 19.3 Å². The lowest BCUT2D eigenvalue weighted by atomic mass is 10.1. The Bertz CT molecular complexity index is 1030. The Morgan fingerprint density at radius 3 is 2.04 bits per heavy atom. The van der Waals surface area contributed by atoms with Crippen molar-refractivity contribution in [1.82, 2.24) is 4.57 Å². The highest BCUT2D eigenvalue weighted by molar-refractivity contribution is 6.03. The summed E-state index contributed by atoms with van der Waals surface area (Å²) in [5.41, 5.74) is 0.0755. The minimum absolute atomic E-state index is 0.0222. The predicted molar refractivity (Wildman–Crippen MR) is 96.2 cm³/mol. The maximum absolute atomic E-state index is 12.9. The molecule has 26 heavy (non-hydrogen) atoms. The number of aromatic carboxylic acids is 1. The highest BCUT2D eigenvalue weighted by Crippen LogP contribution is 2.39. The number of hydrogen-bond acceptors (Lipinski definition) is 5. The SMILES string of the molecule is COc1cc(-n2cc(C(=O)O)c3ccccc3c2=O)cc(OC)c1OC. The van der Waals surface area contributed by atoms with E-state index in [0.717, 1.165) is 0 Å². The van der Waals surface area contributed by atoms with Crippen LogP contribution < -0.4 is 19.8 Å². The van der Waals surface area contributed by atoms with Crippen molar-refractivity contribution in [1.29, 1.82) is 0 Å². The summed E-state index contributed by atoms with van der Waals surface area (Å²) in [6, 6.07) is 9.76. The number of benzene rings is 2. The van der Waals surface area contributed by atoms with Crippen LogP contribution in [0.1, 0.15) is 10.4 Å². The molecular weight excluding hydrogens is 338 g/mol. The van der Waals surface area contributed by atoms with Crippen LogP contribution in [0.25, 0.3) is 16.5 Å². The fraction of sp³-hybridized carbons (Fsp3) is 0.158. The molecule has 0 saturated heterocycles. The largest absolute Gasteiger partial charge is 0.493 e. The van der Waals surface area contributed by atoms with Crippen LogP contribution in [0.5, 0.6) is 17.2 Å². The third-order valence-corrected chi connectivity index (χ3v) is 4.08. The van der Waals surface area contributed by atoms with E-state index in [1.54, 1.807) is 36.4 Å². The van der Waals surface area contributed by atoms with Gasteiger partial charge in [-0.2, -0.15) is 0 Å². The molecule has 0 aliphatic heterocycles. The maximum atomic E-state index is 12.9. The van der Waals surface area contributed by atoms with Gasteiger partial charge >= 0.3 is 5.97 Å². The Morgan fingerprint density at radius 1 is 0.962 bits per heavy atom. The standard InChI is InChI=1S/C19H17NO6/c1-24-15-8-11(9-16(25-2)17(15)26-3)20-10-14(19(22)23)12-6-4-5-7-13(12)18(20)21/h4-10H,1-3H3,(H,22,23). The van der Waals surface area contributed by atoms with Gasteiger partial charge in [0, 0.05) is 29.1 Å². The highest BCUT2D eigenvalue weighted by Gasteiger charge is 2.18. The zero-order valence-electron chi connectivity index (χ0n) is 14.5. The monoisotopic (exact) mass is 355 g/mol. The number of nitrogens with zero attached hydrogens (tertiary/aromatic N) is 1. The number of methoxy groups -OCH3 is 3. The van der Waals surface area contributed by atoms with Crippen molar-refractivity contribution in [3.8, 4) is 22.9 Å². The van der Waals surface area contributed by atoms with Gasteiger partial charge in [-0.15, -0.1) is 0 Å². The molecule has 0 radical (unpaired) electrons. The van der Waals surface area contributed by atoms with E-state index in [-0.39, 0.29) is 11.1 Å². The smallest absolute Gasteiger partial charge is 0.337 e. The molecule has 3 rings (SSSR count). The summed E-state index contributed by atoms with van der Waals surface area (Å²) in [5, 5.41) is 10.2. The molecule has 134 valence electrons. The molecule has 0 aliphatic rings. The lowest BCUT2D eigenvalue weighted by Crippen LogP contribution is -2.20. The van der Waals surface area contributed by atoms with Gasteiger partial charge in [-0.05, 0) is 6.07 Å². The second-order valence-corrected chi connectivity index (χ2v) is 5.45. The van der Waals surface area contributed by atoms with E-state index in [0.29, 0.717) is 33.7 Å². The number of carboxylic acid groups (broad SMARTS) is 1. The summed E-state index contributed by atoms with van der Waals surface area (Å²) < 4.78 is 17.2. The molecule has 0 bridgehead atoms. The first-order valence-corrected chi connectivity index (χ1v) is 7.70. The van der Waals surface area contributed by atoms with Crippen LogP contribution >= 0.6 is 0 Å². The quantitative estimate of drug-likeness (QED) is 0.757. The highest BCUT2D eigenvalue weighted by atomic mass is 16.5. The fourth-order valence-corrected chi connectivity index (χ4v) is 2.86. The summed E-state index contributed by atoms with van der Waals surface area (Å²) in [6.45, 7) is 0. The number of carbonyl (C=O) groups is 1. The predicted octanol–water partition coefficient (Wildman–Crippen LogP) is 2.71. The lowest BCUT2D eigenvalue weighted by molar-refractivity contribution is 0.0698. The number of hydrogen-bond donors (Lipinski definition) is 1. The van der Waals surface area contributed by atoms with Crippen LogP contribution in [0.2, 0.25) is 0 Å². The van der Waals surface area contributed by atoms with E-state index in [2.05, 4.69) is 0 Å². The Morgan fingerprint density at radius 2 is 1.54 bits per heavy atom. The fourth-order valence-electron chi connectivity index (χ4n) is 2.86. The minimum atomic E-state index is -1.12. The summed E-state index contributed by atoms with van der Waals surface area (Å²) in [7, 11) is 4.41. The van der Waals surface area contributed by atoms with Crippen LogP contribution in [-0.2, 0) is 0 Å². The zero-order chi connectivity index (χ0) is 18.8. The first-order chi connectivity index (χ1) is 12.5. The first kappa shape index (κ1) is 17.3. The molecule has 2 aromatic carbocycles. The molecule has 0 unspecified atom stereocenters. The minimum Gasteiger partial charge on any atom is -0.493 e. The second-order valence-electron chi connectivity index (χ2n) is 5.45. The van der Waals surface area contributed by atoms with E-state index in [1.807, 2.05) is 0 Å². The van der Waals surface area contributed by atoms with E-state index < -0.39 is 5.97 Å². The molecular formula is C19H17NO6. The molecule has 1 N–H and O–H groups in total. The summed E-state index contributed by atoms with van der Waals surface area (Å²) in [4.78, 5) is 24.6. The molecule has 0 spiro atoms. The first-order valence-electron chi connectivity index (χ1n) is 7.70. The van der Waals surface area contributed by atoms with Crippen molar-refractivity contribution in [2.24, 2.45) is 0 Å². The number of pyridine rings is 1. The van der Waals surface area contributed by atoms with Crippen LogP contribution in [0.3, 0.4) is 0 Å².